The molecule has 1 atom stereocenters. The molecule has 1 unspecified atom stereocenters. The largest absolute Gasteiger partial charge is 0.457 e. The Morgan fingerprint density at radius 2 is 1.76 bits per heavy atom. The topological polar surface area (TPSA) is 118 Å². The molecular weight excluding hydrogens is 565 g/mol. The SMILES string of the molecule is NC(=O)c1ccc(C2CCCN(CCN3CCCC3)C2=O)c(Oc2cc(Cl)cc(C(=O)Nc3ccc(Cl)cn3)c2)c1. The summed E-state index contributed by atoms with van der Waals surface area (Å²) in [5.74, 6) is -0.563. The first-order valence-corrected chi connectivity index (χ1v) is 14.4. The van der Waals surface area contributed by atoms with Crippen molar-refractivity contribution < 1.29 is 19.1 Å². The number of ether oxygens (including phenoxy) is 1. The van der Waals surface area contributed by atoms with Crippen LogP contribution in [0.15, 0.2) is 54.7 Å². The number of nitrogens with zero attached hydrogens (tertiary/aromatic N) is 3. The highest BCUT2D eigenvalue weighted by atomic mass is 35.5. The Morgan fingerprint density at radius 1 is 0.951 bits per heavy atom. The van der Waals surface area contributed by atoms with E-state index in [-0.39, 0.29) is 27.8 Å². The molecule has 3 heterocycles. The van der Waals surface area contributed by atoms with Crippen molar-refractivity contribution in [1.82, 2.24) is 14.8 Å². The number of carbonyl (C=O) groups is 3. The molecule has 2 saturated heterocycles. The minimum atomic E-state index is -0.620. The molecule has 2 aromatic carbocycles. The molecule has 1 aromatic heterocycles. The summed E-state index contributed by atoms with van der Waals surface area (Å²) in [6.45, 7) is 4.41. The van der Waals surface area contributed by atoms with E-state index in [1.807, 2.05) is 4.90 Å². The highest BCUT2D eigenvalue weighted by Crippen LogP contribution is 2.38. The summed E-state index contributed by atoms with van der Waals surface area (Å²) in [4.78, 5) is 47.0. The molecule has 3 N–H and O–H groups in total. The molecule has 3 aromatic rings. The highest BCUT2D eigenvalue weighted by molar-refractivity contribution is 6.31. The molecule has 0 radical (unpaired) electrons. The fourth-order valence-corrected chi connectivity index (χ4v) is 5.64. The first-order chi connectivity index (χ1) is 19.8. The molecule has 214 valence electrons. The lowest BCUT2D eigenvalue weighted by molar-refractivity contribution is -0.135. The Balaban J connectivity index is 1.39. The van der Waals surface area contributed by atoms with Gasteiger partial charge in [-0.05, 0) is 81.2 Å². The number of primary amides is 1. The van der Waals surface area contributed by atoms with Crippen LogP contribution in [-0.4, -0.2) is 65.2 Å². The lowest BCUT2D eigenvalue weighted by Crippen LogP contribution is -2.43. The van der Waals surface area contributed by atoms with Crippen molar-refractivity contribution in [2.75, 3.05) is 38.0 Å². The Hall–Kier alpha value is -3.66. The highest BCUT2D eigenvalue weighted by Gasteiger charge is 2.32. The van der Waals surface area contributed by atoms with Crippen molar-refractivity contribution in [3.8, 4) is 11.5 Å². The van der Waals surface area contributed by atoms with Gasteiger partial charge in [-0.25, -0.2) is 4.98 Å². The number of hydrogen-bond donors (Lipinski definition) is 2. The number of nitrogens with two attached hydrogens (primary N) is 1. The van der Waals surface area contributed by atoms with E-state index < -0.39 is 17.7 Å². The van der Waals surface area contributed by atoms with Crippen molar-refractivity contribution in [3.05, 3.63) is 81.5 Å². The van der Waals surface area contributed by atoms with Crippen LogP contribution in [0, 0.1) is 0 Å². The van der Waals surface area contributed by atoms with E-state index in [2.05, 4.69) is 15.2 Å². The number of benzene rings is 2. The summed E-state index contributed by atoms with van der Waals surface area (Å²) in [6, 6.07) is 12.7. The van der Waals surface area contributed by atoms with Crippen molar-refractivity contribution in [1.29, 1.82) is 0 Å². The molecule has 3 amide bonds. The van der Waals surface area contributed by atoms with Gasteiger partial charge in [0.1, 0.15) is 17.3 Å². The van der Waals surface area contributed by atoms with Crippen LogP contribution >= 0.6 is 23.2 Å². The summed E-state index contributed by atoms with van der Waals surface area (Å²) in [6.07, 6.45) is 5.34. The van der Waals surface area contributed by atoms with Crippen molar-refractivity contribution in [2.45, 2.75) is 31.6 Å². The number of nitrogens with one attached hydrogen (secondary N) is 1. The smallest absolute Gasteiger partial charge is 0.257 e. The zero-order chi connectivity index (χ0) is 28.9. The minimum Gasteiger partial charge on any atom is -0.457 e. The predicted molar refractivity (Wildman–Crippen MR) is 158 cm³/mol. The van der Waals surface area contributed by atoms with E-state index in [0.29, 0.717) is 41.7 Å². The zero-order valence-electron chi connectivity index (χ0n) is 22.4. The van der Waals surface area contributed by atoms with Gasteiger partial charge in [0.25, 0.3) is 5.91 Å². The summed E-state index contributed by atoms with van der Waals surface area (Å²) in [5, 5.41) is 3.41. The van der Waals surface area contributed by atoms with E-state index in [1.165, 1.54) is 37.2 Å². The van der Waals surface area contributed by atoms with E-state index in [4.69, 9.17) is 33.7 Å². The molecule has 0 bridgehead atoms. The number of aromatic nitrogens is 1. The average molecular weight is 597 g/mol. The number of likely N-dealkylation sites (tertiary alicyclic amines) is 2. The molecule has 2 aliphatic rings. The minimum absolute atomic E-state index is 0.0359. The van der Waals surface area contributed by atoms with Crippen molar-refractivity contribution in [3.63, 3.8) is 0 Å². The number of hydrogen-bond acceptors (Lipinski definition) is 6. The fraction of sp³-hybridized carbons (Fsp3) is 0.333. The molecule has 0 aliphatic carbocycles. The van der Waals surface area contributed by atoms with Crippen LogP contribution in [0.1, 0.15) is 57.9 Å². The molecule has 0 spiro atoms. The van der Waals surface area contributed by atoms with Crippen LogP contribution < -0.4 is 15.8 Å². The molecule has 0 saturated carbocycles. The van der Waals surface area contributed by atoms with E-state index in [0.717, 1.165) is 26.1 Å². The molecule has 41 heavy (non-hydrogen) atoms. The van der Waals surface area contributed by atoms with Gasteiger partial charge in [0.2, 0.25) is 11.8 Å². The summed E-state index contributed by atoms with van der Waals surface area (Å²) < 4.78 is 6.23. The number of piperidine rings is 1. The predicted octanol–water partition coefficient (Wildman–Crippen LogP) is 5.33. The zero-order valence-corrected chi connectivity index (χ0v) is 24.0. The number of halogens is 2. The number of anilines is 1. The third kappa shape index (κ3) is 7.16. The van der Waals surface area contributed by atoms with Gasteiger partial charge in [-0.15, -0.1) is 0 Å². The van der Waals surface area contributed by atoms with Crippen LogP contribution in [0.2, 0.25) is 10.0 Å². The Labute approximate surface area is 248 Å². The second-order valence-corrected chi connectivity index (χ2v) is 11.2. The fourth-order valence-electron chi connectivity index (χ4n) is 5.30. The van der Waals surface area contributed by atoms with Crippen LogP contribution in [0.4, 0.5) is 5.82 Å². The van der Waals surface area contributed by atoms with E-state index >= 15 is 0 Å². The summed E-state index contributed by atoms with van der Waals surface area (Å²) >= 11 is 12.2. The maximum Gasteiger partial charge on any atom is 0.257 e. The van der Waals surface area contributed by atoms with Gasteiger partial charge in [-0.1, -0.05) is 29.3 Å². The molecule has 9 nitrogen and oxygen atoms in total. The third-order valence-corrected chi connectivity index (χ3v) is 7.86. The molecular formula is C30H31Cl2N5O4. The quantitative estimate of drug-likeness (QED) is 0.345. The first-order valence-electron chi connectivity index (χ1n) is 13.6. The van der Waals surface area contributed by atoms with Gasteiger partial charge < -0.3 is 25.6 Å². The maximum atomic E-state index is 13.6. The molecule has 2 fully saturated rings. The lowest BCUT2D eigenvalue weighted by Gasteiger charge is -2.34. The average Bonchev–Trinajstić information content (AvgIpc) is 3.47. The van der Waals surface area contributed by atoms with Gasteiger partial charge >= 0.3 is 0 Å². The Morgan fingerprint density at radius 3 is 2.49 bits per heavy atom. The lowest BCUT2D eigenvalue weighted by atomic mass is 9.88. The van der Waals surface area contributed by atoms with E-state index in [1.54, 1.807) is 30.3 Å². The molecule has 2 aliphatic heterocycles. The van der Waals surface area contributed by atoms with Gasteiger partial charge in [0.15, 0.2) is 0 Å². The van der Waals surface area contributed by atoms with Gasteiger partial charge in [-0.3, -0.25) is 14.4 Å². The summed E-state index contributed by atoms with van der Waals surface area (Å²) in [5.41, 5.74) is 6.69. The Bertz CT molecular complexity index is 1440. The Kier molecular flexibility index (Phi) is 9.07. The number of pyridine rings is 1. The first kappa shape index (κ1) is 28.9. The third-order valence-electron chi connectivity index (χ3n) is 7.42. The van der Waals surface area contributed by atoms with Crippen molar-refractivity contribution in [2.24, 2.45) is 5.73 Å². The second-order valence-electron chi connectivity index (χ2n) is 10.3. The van der Waals surface area contributed by atoms with E-state index in [9.17, 15) is 14.4 Å². The number of carbonyl (C=O) groups excluding carboxylic acids is 3. The number of amides is 3. The molecule has 11 heteroatoms. The van der Waals surface area contributed by atoms with Gasteiger partial charge in [-0.2, -0.15) is 0 Å². The normalized spacial score (nSPS) is 17.5. The summed E-state index contributed by atoms with van der Waals surface area (Å²) in [7, 11) is 0. The van der Waals surface area contributed by atoms with Crippen molar-refractivity contribution >= 4 is 46.7 Å². The van der Waals surface area contributed by atoms with Crippen LogP contribution in [0.5, 0.6) is 11.5 Å². The second kappa shape index (κ2) is 12.9. The van der Waals surface area contributed by atoms with Crippen LogP contribution in [0.3, 0.4) is 0 Å². The number of rotatable bonds is 9. The standard InChI is InChI=1S/C30H31Cl2N5O4/c31-21-6-8-27(34-18-21)35-29(39)20-14-22(32)17-23(15-20)41-26-16-19(28(33)38)5-7-24(26)25-4-3-11-37(30(25)40)13-12-36-9-1-2-10-36/h5-8,14-18,25H,1-4,9-13H2,(H2,33,38)(H,34,35,39). The monoisotopic (exact) mass is 595 g/mol. The van der Waals surface area contributed by atoms with Crippen LogP contribution in [0.25, 0.3) is 0 Å². The maximum absolute atomic E-state index is 13.6. The molecule has 5 rings (SSSR count). The van der Waals surface area contributed by atoms with Gasteiger partial charge in [0, 0.05) is 47.5 Å². The van der Waals surface area contributed by atoms with Gasteiger partial charge in [0.05, 0.1) is 10.9 Å². The van der Waals surface area contributed by atoms with Crippen LogP contribution in [-0.2, 0) is 4.79 Å².